The second-order valence-electron chi connectivity index (χ2n) is 6.67. The van der Waals surface area contributed by atoms with Crippen LogP contribution in [-0.2, 0) is 20.8 Å². The Balaban J connectivity index is 3.16. The van der Waals surface area contributed by atoms with Gasteiger partial charge < -0.3 is 14.9 Å². The molecule has 0 fully saturated rings. The fourth-order valence-electron chi connectivity index (χ4n) is 2.76. The first-order valence-electron chi connectivity index (χ1n) is 8.86. The zero-order valence-corrected chi connectivity index (χ0v) is 16.4. The maximum Gasteiger partial charge on any atom is 0.342 e. The SMILES string of the molecule is C=CCCC(CC(=O)N(C)OC)Cc1cc(O)cc(O)c1C(=O)OC(C)C. The normalized spacial score (nSPS) is 11.9. The molecule has 0 radical (unpaired) electrons. The fourth-order valence-corrected chi connectivity index (χ4v) is 2.76. The molecule has 150 valence electrons. The van der Waals surface area contributed by atoms with Crippen molar-refractivity contribution in [2.75, 3.05) is 14.2 Å². The summed E-state index contributed by atoms with van der Waals surface area (Å²) in [5.41, 5.74) is 0.442. The number of aromatic hydroxyl groups is 2. The smallest absolute Gasteiger partial charge is 0.342 e. The number of benzene rings is 1. The van der Waals surface area contributed by atoms with Crippen LogP contribution in [0.5, 0.6) is 11.5 Å². The molecular formula is C20H29NO6. The van der Waals surface area contributed by atoms with E-state index in [1.54, 1.807) is 19.9 Å². The highest BCUT2D eigenvalue weighted by molar-refractivity contribution is 5.94. The maximum atomic E-state index is 12.4. The van der Waals surface area contributed by atoms with Crippen LogP contribution in [0, 0.1) is 5.92 Å². The van der Waals surface area contributed by atoms with Crippen LogP contribution < -0.4 is 0 Å². The van der Waals surface area contributed by atoms with Crippen molar-refractivity contribution in [1.82, 2.24) is 5.06 Å². The molecular weight excluding hydrogens is 350 g/mol. The lowest BCUT2D eigenvalue weighted by molar-refractivity contribution is -0.169. The number of nitrogens with zero attached hydrogens (tertiary/aromatic N) is 1. The van der Waals surface area contributed by atoms with E-state index in [4.69, 9.17) is 9.57 Å². The number of hydrogen-bond donors (Lipinski definition) is 2. The summed E-state index contributed by atoms with van der Waals surface area (Å²) in [6, 6.07) is 2.52. The molecule has 1 atom stereocenters. The lowest BCUT2D eigenvalue weighted by Gasteiger charge is -2.21. The average molecular weight is 379 g/mol. The van der Waals surface area contributed by atoms with Gasteiger partial charge in [-0.3, -0.25) is 9.63 Å². The summed E-state index contributed by atoms with van der Waals surface area (Å²) in [6.45, 7) is 7.12. The highest BCUT2D eigenvalue weighted by Crippen LogP contribution is 2.31. The zero-order chi connectivity index (χ0) is 20.6. The van der Waals surface area contributed by atoms with Crippen LogP contribution >= 0.6 is 0 Å². The van der Waals surface area contributed by atoms with Gasteiger partial charge in [-0.05, 0) is 50.7 Å². The van der Waals surface area contributed by atoms with E-state index in [0.29, 0.717) is 24.8 Å². The lowest BCUT2D eigenvalue weighted by atomic mass is 9.89. The highest BCUT2D eigenvalue weighted by atomic mass is 16.7. The van der Waals surface area contributed by atoms with E-state index < -0.39 is 5.97 Å². The molecule has 7 heteroatoms. The summed E-state index contributed by atoms with van der Waals surface area (Å²) >= 11 is 0. The summed E-state index contributed by atoms with van der Waals surface area (Å²) in [5.74, 6) is -1.52. The summed E-state index contributed by atoms with van der Waals surface area (Å²) < 4.78 is 5.21. The van der Waals surface area contributed by atoms with E-state index in [1.165, 1.54) is 20.2 Å². The Labute approximate surface area is 160 Å². The number of amides is 1. The summed E-state index contributed by atoms with van der Waals surface area (Å²) in [5, 5.41) is 21.2. The zero-order valence-electron chi connectivity index (χ0n) is 16.4. The van der Waals surface area contributed by atoms with E-state index in [9.17, 15) is 19.8 Å². The lowest BCUT2D eigenvalue weighted by Crippen LogP contribution is -2.28. The molecule has 1 aromatic carbocycles. The Morgan fingerprint density at radius 2 is 1.96 bits per heavy atom. The number of hydrogen-bond acceptors (Lipinski definition) is 6. The standard InChI is InChI=1S/C20H29NO6/c1-6-7-8-14(10-18(24)21(4)26-5)9-15-11-16(22)12-17(23)19(15)20(25)27-13(2)3/h6,11-14,22-23H,1,7-10H2,2-5H3. The van der Waals surface area contributed by atoms with Crippen LogP contribution in [0.4, 0.5) is 0 Å². The third-order valence-electron chi connectivity index (χ3n) is 4.11. The van der Waals surface area contributed by atoms with Gasteiger partial charge in [0.15, 0.2) is 0 Å². The van der Waals surface area contributed by atoms with Gasteiger partial charge in [-0.15, -0.1) is 6.58 Å². The third-order valence-corrected chi connectivity index (χ3v) is 4.11. The first-order chi connectivity index (χ1) is 12.7. The maximum absolute atomic E-state index is 12.4. The number of phenols is 2. The number of esters is 1. The van der Waals surface area contributed by atoms with Gasteiger partial charge >= 0.3 is 5.97 Å². The first-order valence-corrected chi connectivity index (χ1v) is 8.86. The van der Waals surface area contributed by atoms with Gasteiger partial charge in [-0.25, -0.2) is 9.86 Å². The van der Waals surface area contributed by atoms with E-state index in [1.807, 2.05) is 0 Å². The third kappa shape index (κ3) is 6.94. The summed E-state index contributed by atoms with van der Waals surface area (Å²) in [6.07, 6.45) is 3.24. The minimum atomic E-state index is -0.666. The number of hydroxylamine groups is 2. The Morgan fingerprint density at radius 1 is 1.30 bits per heavy atom. The van der Waals surface area contributed by atoms with Crippen molar-refractivity contribution >= 4 is 11.9 Å². The van der Waals surface area contributed by atoms with Gasteiger partial charge in [0.05, 0.1) is 13.2 Å². The Hall–Kier alpha value is -2.54. The summed E-state index contributed by atoms with van der Waals surface area (Å²) in [4.78, 5) is 29.5. The largest absolute Gasteiger partial charge is 0.508 e. The molecule has 7 nitrogen and oxygen atoms in total. The Bertz CT molecular complexity index is 671. The number of rotatable bonds is 10. The molecule has 0 saturated heterocycles. The molecule has 0 aliphatic rings. The van der Waals surface area contributed by atoms with Crippen LogP contribution in [0.2, 0.25) is 0 Å². The predicted molar refractivity (Wildman–Crippen MR) is 101 cm³/mol. The van der Waals surface area contributed by atoms with Crippen molar-refractivity contribution in [2.24, 2.45) is 5.92 Å². The van der Waals surface area contributed by atoms with Gasteiger partial charge in [0.2, 0.25) is 5.91 Å². The molecule has 1 unspecified atom stereocenters. The number of carbonyl (C=O) groups is 2. The van der Waals surface area contributed by atoms with Gasteiger partial charge in [-0.1, -0.05) is 6.08 Å². The molecule has 1 amide bonds. The molecule has 0 aromatic heterocycles. The van der Waals surface area contributed by atoms with Crippen LogP contribution in [-0.4, -0.2) is 47.4 Å². The van der Waals surface area contributed by atoms with Crippen LogP contribution in [0.25, 0.3) is 0 Å². The summed E-state index contributed by atoms with van der Waals surface area (Å²) in [7, 11) is 2.93. The molecule has 27 heavy (non-hydrogen) atoms. The topological polar surface area (TPSA) is 96.3 Å². The molecule has 0 aliphatic heterocycles. The van der Waals surface area contributed by atoms with Gasteiger partial charge in [0.1, 0.15) is 17.1 Å². The first kappa shape index (κ1) is 22.5. The molecule has 2 N–H and O–H groups in total. The molecule has 0 spiro atoms. The fraction of sp³-hybridized carbons (Fsp3) is 0.500. The number of phenolic OH excluding ortho intramolecular Hbond substituents is 2. The molecule has 0 heterocycles. The van der Waals surface area contributed by atoms with E-state index in [0.717, 1.165) is 11.1 Å². The average Bonchev–Trinajstić information content (AvgIpc) is 2.57. The van der Waals surface area contributed by atoms with Crippen molar-refractivity contribution in [1.29, 1.82) is 0 Å². The van der Waals surface area contributed by atoms with Crippen molar-refractivity contribution in [3.8, 4) is 11.5 Å². The number of ether oxygens (including phenoxy) is 1. The Morgan fingerprint density at radius 3 is 2.52 bits per heavy atom. The predicted octanol–water partition coefficient (Wildman–Crippen LogP) is 3.20. The van der Waals surface area contributed by atoms with Crippen LogP contribution in [0.1, 0.15) is 49.0 Å². The van der Waals surface area contributed by atoms with Crippen molar-refractivity contribution < 1.29 is 29.4 Å². The number of allylic oxidation sites excluding steroid dienone is 1. The van der Waals surface area contributed by atoms with Gasteiger partial charge in [-0.2, -0.15) is 0 Å². The van der Waals surface area contributed by atoms with Crippen molar-refractivity contribution in [2.45, 2.75) is 45.6 Å². The molecule has 0 aliphatic carbocycles. The minimum Gasteiger partial charge on any atom is -0.508 e. The second kappa shape index (κ2) is 10.6. The van der Waals surface area contributed by atoms with Gasteiger partial charge in [0, 0.05) is 19.5 Å². The molecule has 1 rings (SSSR count). The van der Waals surface area contributed by atoms with Crippen LogP contribution in [0.3, 0.4) is 0 Å². The molecule has 0 bridgehead atoms. The monoisotopic (exact) mass is 379 g/mol. The Kier molecular flexibility index (Phi) is 8.81. The van der Waals surface area contributed by atoms with Gasteiger partial charge in [0.25, 0.3) is 0 Å². The second-order valence-corrected chi connectivity index (χ2v) is 6.67. The number of carbonyl (C=O) groups excluding carboxylic acids is 2. The van der Waals surface area contributed by atoms with E-state index in [2.05, 4.69) is 6.58 Å². The quantitative estimate of drug-likeness (QED) is 0.368. The molecule has 1 aromatic rings. The van der Waals surface area contributed by atoms with E-state index in [-0.39, 0.29) is 41.4 Å². The van der Waals surface area contributed by atoms with E-state index >= 15 is 0 Å². The minimum absolute atomic E-state index is 0.0117. The highest BCUT2D eigenvalue weighted by Gasteiger charge is 2.24. The molecule has 0 saturated carbocycles. The van der Waals surface area contributed by atoms with Crippen molar-refractivity contribution in [3.63, 3.8) is 0 Å². The van der Waals surface area contributed by atoms with Crippen molar-refractivity contribution in [3.05, 3.63) is 35.9 Å². The van der Waals surface area contributed by atoms with Crippen LogP contribution in [0.15, 0.2) is 24.8 Å².